The molecule has 1 aliphatic rings. The van der Waals surface area contributed by atoms with Crippen molar-refractivity contribution in [3.05, 3.63) is 71.5 Å². The number of carbonyl (C=O) groups excluding carboxylic acids is 2. The predicted octanol–water partition coefficient (Wildman–Crippen LogP) is 2.91. The SMILES string of the molecule is CC(=O)NC(CC(=O)N1CCN(C)CC1c1ccccc1)c1ccc(F)cc1. The zero-order valence-corrected chi connectivity index (χ0v) is 16.3. The first kappa shape index (κ1) is 20.0. The third-order valence-electron chi connectivity index (χ3n) is 5.12. The third-order valence-corrected chi connectivity index (χ3v) is 5.12. The van der Waals surface area contributed by atoms with Gasteiger partial charge in [0.1, 0.15) is 5.82 Å². The van der Waals surface area contributed by atoms with E-state index >= 15 is 0 Å². The predicted molar refractivity (Wildman–Crippen MR) is 106 cm³/mol. The number of nitrogens with zero attached hydrogens (tertiary/aromatic N) is 2. The molecular weight excluding hydrogens is 357 g/mol. The van der Waals surface area contributed by atoms with Gasteiger partial charge in [0.15, 0.2) is 0 Å². The zero-order valence-electron chi connectivity index (χ0n) is 16.3. The van der Waals surface area contributed by atoms with Gasteiger partial charge >= 0.3 is 0 Å². The van der Waals surface area contributed by atoms with Crippen LogP contribution in [-0.2, 0) is 9.59 Å². The molecule has 2 amide bonds. The molecule has 0 aliphatic carbocycles. The van der Waals surface area contributed by atoms with Gasteiger partial charge in [0.25, 0.3) is 0 Å². The summed E-state index contributed by atoms with van der Waals surface area (Å²) < 4.78 is 13.3. The van der Waals surface area contributed by atoms with Gasteiger partial charge < -0.3 is 15.1 Å². The van der Waals surface area contributed by atoms with E-state index in [4.69, 9.17) is 0 Å². The number of hydrogen-bond donors (Lipinski definition) is 1. The van der Waals surface area contributed by atoms with Crippen LogP contribution in [-0.4, -0.2) is 48.3 Å². The quantitative estimate of drug-likeness (QED) is 0.864. The second kappa shape index (κ2) is 8.97. The average Bonchev–Trinajstić information content (AvgIpc) is 2.68. The second-order valence-electron chi connectivity index (χ2n) is 7.28. The molecule has 2 unspecified atom stereocenters. The van der Waals surface area contributed by atoms with Crippen LogP contribution >= 0.6 is 0 Å². The van der Waals surface area contributed by atoms with Crippen molar-refractivity contribution in [2.75, 3.05) is 26.7 Å². The molecule has 148 valence electrons. The zero-order chi connectivity index (χ0) is 20.1. The van der Waals surface area contributed by atoms with Crippen molar-refractivity contribution in [2.24, 2.45) is 0 Å². The molecule has 1 fully saturated rings. The molecule has 1 N–H and O–H groups in total. The average molecular weight is 383 g/mol. The molecule has 5 nitrogen and oxygen atoms in total. The number of piperazine rings is 1. The Kier molecular flexibility index (Phi) is 6.41. The molecule has 2 atom stereocenters. The first-order valence-corrected chi connectivity index (χ1v) is 9.49. The molecule has 0 spiro atoms. The van der Waals surface area contributed by atoms with E-state index in [0.29, 0.717) is 6.54 Å². The fourth-order valence-corrected chi connectivity index (χ4v) is 3.66. The minimum Gasteiger partial charge on any atom is -0.349 e. The van der Waals surface area contributed by atoms with Crippen molar-refractivity contribution in [1.82, 2.24) is 15.1 Å². The smallest absolute Gasteiger partial charge is 0.225 e. The highest BCUT2D eigenvalue weighted by Gasteiger charge is 2.31. The second-order valence-corrected chi connectivity index (χ2v) is 7.28. The topological polar surface area (TPSA) is 52.7 Å². The lowest BCUT2D eigenvalue weighted by Gasteiger charge is -2.41. The molecule has 0 saturated carbocycles. The molecule has 28 heavy (non-hydrogen) atoms. The molecular formula is C22H26FN3O2. The Bertz CT molecular complexity index is 810. The summed E-state index contributed by atoms with van der Waals surface area (Å²) in [6, 6.07) is 15.4. The van der Waals surface area contributed by atoms with E-state index in [1.54, 1.807) is 12.1 Å². The van der Waals surface area contributed by atoms with Crippen molar-refractivity contribution >= 4 is 11.8 Å². The highest BCUT2D eigenvalue weighted by molar-refractivity contribution is 5.79. The van der Waals surface area contributed by atoms with Crippen LogP contribution in [0.3, 0.4) is 0 Å². The molecule has 6 heteroatoms. The monoisotopic (exact) mass is 383 g/mol. The normalized spacial score (nSPS) is 18.5. The van der Waals surface area contributed by atoms with Gasteiger partial charge in [-0.3, -0.25) is 9.59 Å². The molecule has 2 aromatic carbocycles. The van der Waals surface area contributed by atoms with Crippen LogP contribution in [0.25, 0.3) is 0 Å². The van der Waals surface area contributed by atoms with Gasteiger partial charge in [-0.1, -0.05) is 42.5 Å². The lowest BCUT2D eigenvalue weighted by molar-refractivity contribution is -0.137. The van der Waals surface area contributed by atoms with Crippen LogP contribution in [0, 0.1) is 5.82 Å². The number of hydrogen-bond acceptors (Lipinski definition) is 3. The summed E-state index contributed by atoms with van der Waals surface area (Å²) in [4.78, 5) is 29.0. The van der Waals surface area contributed by atoms with E-state index < -0.39 is 6.04 Å². The van der Waals surface area contributed by atoms with E-state index in [9.17, 15) is 14.0 Å². The van der Waals surface area contributed by atoms with Crippen LogP contribution in [0.15, 0.2) is 54.6 Å². The van der Waals surface area contributed by atoms with Crippen molar-refractivity contribution in [3.63, 3.8) is 0 Å². The van der Waals surface area contributed by atoms with Gasteiger partial charge in [-0.15, -0.1) is 0 Å². The van der Waals surface area contributed by atoms with Crippen LogP contribution in [0.5, 0.6) is 0 Å². The van der Waals surface area contributed by atoms with Gasteiger partial charge in [0.05, 0.1) is 18.5 Å². The van der Waals surface area contributed by atoms with E-state index in [1.165, 1.54) is 19.1 Å². The molecule has 0 aromatic heterocycles. The highest BCUT2D eigenvalue weighted by Crippen LogP contribution is 2.27. The first-order chi connectivity index (χ1) is 13.4. The number of likely N-dealkylation sites (N-methyl/N-ethyl adjacent to an activating group) is 1. The van der Waals surface area contributed by atoms with Crippen LogP contribution in [0.4, 0.5) is 4.39 Å². The Morgan fingerprint density at radius 2 is 1.79 bits per heavy atom. The van der Waals surface area contributed by atoms with Crippen LogP contribution < -0.4 is 5.32 Å². The molecule has 1 saturated heterocycles. The van der Waals surface area contributed by atoms with Gasteiger partial charge in [-0.25, -0.2) is 4.39 Å². The van der Waals surface area contributed by atoms with E-state index in [2.05, 4.69) is 17.3 Å². The summed E-state index contributed by atoms with van der Waals surface area (Å²) in [6.07, 6.45) is 0.137. The van der Waals surface area contributed by atoms with Gasteiger partial charge in [-0.2, -0.15) is 0 Å². The van der Waals surface area contributed by atoms with Crippen molar-refractivity contribution < 1.29 is 14.0 Å². The minimum atomic E-state index is -0.485. The Morgan fingerprint density at radius 3 is 2.43 bits per heavy atom. The maximum Gasteiger partial charge on any atom is 0.225 e. The largest absolute Gasteiger partial charge is 0.349 e. The Balaban J connectivity index is 1.80. The standard InChI is InChI=1S/C22H26FN3O2/c1-16(27)24-20(17-8-10-19(23)11-9-17)14-22(28)26-13-12-25(2)15-21(26)18-6-4-3-5-7-18/h3-11,20-21H,12-15H2,1-2H3,(H,24,27). The number of amides is 2. The summed E-state index contributed by atoms with van der Waals surface area (Å²) in [5.41, 5.74) is 1.82. The Labute approximate surface area is 165 Å². The molecule has 0 bridgehead atoms. The van der Waals surface area contributed by atoms with Crippen molar-refractivity contribution in [2.45, 2.75) is 25.4 Å². The number of benzene rings is 2. The molecule has 2 aromatic rings. The number of carbonyl (C=O) groups is 2. The Hall–Kier alpha value is -2.73. The number of rotatable bonds is 5. The van der Waals surface area contributed by atoms with E-state index in [1.807, 2.05) is 35.2 Å². The highest BCUT2D eigenvalue weighted by atomic mass is 19.1. The van der Waals surface area contributed by atoms with E-state index in [0.717, 1.165) is 24.2 Å². The summed E-state index contributed by atoms with van der Waals surface area (Å²) in [6.45, 7) is 3.61. The summed E-state index contributed by atoms with van der Waals surface area (Å²) >= 11 is 0. The third kappa shape index (κ3) is 4.95. The van der Waals surface area contributed by atoms with Crippen LogP contribution in [0.2, 0.25) is 0 Å². The summed E-state index contributed by atoms with van der Waals surface area (Å²) in [5, 5.41) is 2.83. The lowest BCUT2D eigenvalue weighted by Crippen LogP contribution is -2.50. The van der Waals surface area contributed by atoms with Crippen molar-refractivity contribution in [1.29, 1.82) is 0 Å². The number of halogens is 1. The maximum absolute atomic E-state index is 13.3. The lowest BCUT2D eigenvalue weighted by atomic mass is 9.99. The van der Waals surface area contributed by atoms with E-state index in [-0.39, 0.29) is 30.1 Å². The minimum absolute atomic E-state index is 0.0231. The van der Waals surface area contributed by atoms with Gasteiger partial charge in [-0.05, 0) is 30.3 Å². The summed E-state index contributed by atoms with van der Waals surface area (Å²) in [5.74, 6) is -0.593. The first-order valence-electron chi connectivity index (χ1n) is 9.49. The fraction of sp³-hybridized carbons (Fsp3) is 0.364. The van der Waals surface area contributed by atoms with Crippen LogP contribution in [0.1, 0.15) is 36.6 Å². The number of nitrogens with one attached hydrogen (secondary N) is 1. The maximum atomic E-state index is 13.3. The molecule has 0 radical (unpaired) electrons. The van der Waals surface area contributed by atoms with Crippen molar-refractivity contribution in [3.8, 4) is 0 Å². The molecule has 3 rings (SSSR count). The Morgan fingerprint density at radius 1 is 1.11 bits per heavy atom. The fourth-order valence-electron chi connectivity index (χ4n) is 3.66. The van der Waals surface area contributed by atoms with Gasteiger partial charge in [0, 0.05) is 26.6 Å². The molecule has 1 heterocycles. The summed E-state index contributed by atoms with van der Waals surface area (Å²) in [7, 11) is 2.05. The van der Waals surface area contributed by atoms with Gasteiger partial charge in [0.2, 0.25) is 11.8 Å². The molecule has 1 aliphatic heterocycles.